The summed E-state index contributed by atoms with van der Waals surface area (Å²) < 4.78 is 76.4. The van der Waals surface area contributed by atoms with Gasteiger partial charge in [0.25, 0.3) is 26.0 Å². The Kier molecular flexibility index (Phi) is 4.80. The van der Waals surface area contributed by atoms with E-state index in [-0.39, 0.29) is 31.7 Å². The van der Waals surface area contributed by atoms with Crippen molar-refractivity contribution in [2.75, 3.05) is 0 Å². The highest BCUT2D eigenvalue weighted by molar-refractivity contribution is 7.91. The first-order valence-electron chi connectivity index (χ1n) is 7.52. The molecule has 0 unspecified atom stereocenters. The van der Waals surface area contributed by atoms with Crippen molar-refractivity contribution in [2.45, 2.75) is 23.6 Å². The third kappa shape index (κ3) is 3.40. The van der Waals surface area contributed by atoms with Gasteiger partial charge in [-0.25, -0.2) is 21.9 Å². The third-order valence-corrected chi connectivity index (χ3v) is 7.30. The summed E-state index contributed by atoms with van der Waals surface area (Å²) in [5, 5.41) is -0.178. The number of fused-ring (bicyclic) bond motifs is 2. The van der Waals surface area contributed by atoms with E-state index >= 15 is 0 Å². The minimum absolute atomic E-state index is 0.00361. The molecule has 12 heteroatoms. The number of halogens is 3. The number of sulfonamides is 2. The Labute approximate surface area is 164 Å². The second kappa shape index (κ2) is 6.61. The van der Waals surface area contributed by atoms with Gasteiger partial charge < -0.3 is 0 Å². The zero-order valence-electron chi connectivity index (χ0n) is 14.2. The SMILES string of the molecule is Cc1cc(F)cc2c1S(=O)(=O)N=C2Cl.Cc1cc(F)cc2c1S(=O)(=O)NC2=O. The van der Waals surface area contributed by atoms with Crippen LogP contribution >= 0.6 is 11.6 Å². The summed E-state index contributed by atoms with van der Waals surface area (Å²) in [5.74, 6) is -1.91. The molecule has 0 atom stereocenters. The fourth-order valence-corrected chi connectivity index (χ4v) is 6.07. The average Bonchev–Trinajstić information content (AvgIpc) is 2.88. The van der Waals surface area contributed by atoms with Gasteiger partial charge in [0.1, 0.15) is 21.4 Å². The lowest BCUT2D eigenvalue weighted by atomic mass is 10.1. The maximum Gasteiger partial charge on any atom is 0.284 e. The number of hydrogen-bond donors (Lipinski definition) is 1. The maximum absolute atomic E-state index is 12.9. The second-order valence-corrected chi connectivity index (χ2v) is 9.51. The van der Waals surface area contributed by atoms with Crippen molar-refractivity contribution in [3.8, 4) is 0 Å². The Hall–Kier alpha value is -2.37. The smallest absolute Gasteiger partial charge is 0.268 e. The number of carbonyl (C=O) groups is 1. The molecule has 4 rings (SSSR count). The van der Waals surface area contributed by atoms with Crippen LogP contribution in [0.1, 0.15) is 27.0 Å². The Bertz CT molecular complexity index is 1280. The molecule has 0 spiro atoms. The lowest BCUT2D eigenvalue weighted by Gasteiger charge is -2.01. The van der Waals surface area contributed by atoms with Crippen LogP contribution in [0, 0.1) is 25.5 Å². The normalized spacial score (nSPS) is 17.8. The van der Waals surface area contributed by atoms with Crippen LogP contribution in [0.5, 0.6) is 0 Å². The molecule has 2 heterocycles. The summed E-state index contributed by atoms with van der Waals surface area (Å²) >= 11 is 5.58. The predicted molar refractivity (Wildman–Crippen MR) is 96.5 cm³/mol. The van der Waals surface area contributed by atoms with Crippen LogP contribution in [0.15, 0.2) is 38.5 Å². The lowest BCUT2D eigenvalue weighted by molar-refractivity contribution is 0.0984. The van der Waals surface area contributed by atoms with Crippen LogP contribution in [-0.2, 0) is 20.0 Å². The second-order valence-electron chi connectivity index (χ2n) is 5.99. The summed E-state index contributed by atoms with van der Waals surface area (Å²) in [4.78, 5) is 11.0. The molecule has 2 aliphatic rings. The van der Waals surface area contributed by atoms with E-state index in [1.165, 1.54) is 13.8 Å². The van der Waals surface area contributed by atoms with Crippen LogP contribution in [0.25, 0.3) is 0 Å². The summed E-state index contributed by atoms with van der Waals surface area (Å²) in [5.41, 5.74) is 0.574. The quantitative estimate of drug-likeness (QED) is 0.665. The highest BCUT2D eigenvalue weighted by atomic mass is 35.5. The average molecular weight is 449 g/mol. The van der Waals surface area contributed by atoms with Gasteiger partial charge in [-0.2, -0.15) is 8.42 Å². The molecule has 0 aliphatic carbocycles. The molecule has 0 bridgehead atoms. The Balaban J connectivity index is 0.000000161. The number of hydrogen-bond acceptors (Lipinski definition) is 5. The van der Waals surface area contributed by atoms with Crippen molar-refractivity contribution in [3.63, 3.8) is 0 Å². The summed E-state index contributed by atoms with van der Waals surface area (Å²) in [6.45, 7) is 2.95. The van der Waals surface area contributed by atoms with E-state index in [4.69, 9.17) is 11.6 Å². The molecule has 28 heavy (non-hydrogen) atoms. The molecular weight excluding hydrogens is 438 g/mol. The summed E-state index contributed by atoms with van der Waals surface area (Å²) in [6.07, 6.45) is 0. The van der Waals surface area contributed by atoms with Crippen LogP contribution in [0.2, 0.25) is 0 Å². The van der Waals surface area contributed by atoms with Crippen molar-refractivity contribution in [1.82, 2.24) is 4.72 Å². The molecule has 2 aliphatic heterocycles. The maximum atomic E-state index is 12.9. The van der Waals surface area contributed by atoms with E-state index in [9.17, 15) is 30.4 Å². The van der Waals surface area contributed by atoms with E-state index in [1.807, 2.05) is 0 Å². The number of benzene rings is 2. The van der Waals surface area contributed by atoms with Gasteiger partial charge in [-0.15, -0.1) is 4.40 Å². The number of nitrogens with zero attached hydrogens (tertiary/aromatic N) is 1. The largest absolute Gasteiger partial charge is 0.284 e. The van der Waals surface area contributed by atoms with Crippen LogP contribution in [0.3, 0.4) is 0 Å². The Morgan fingerprint density at radius 3 is 1.96 bits per heavy atom. The fraction of sp³-hybridized carbons (Fsp3) is 0.125. The van der Waals surface area contributed by atoms with Gasteiger partial charge >= 0.3 is 0 Å². The third-order valence-electron chi connectivity index (χ3n) is 3.90. The van der Waals surface area contributed by atoms with E-state index in [2.05, 4.69) is 4.40 Å². The topological polar surface area (TPSA) is 110 Å². The van der Waals surface area contributed by atoms with E-state index in [0.29, 0.717) is 5.56 Å². The highest BCUT2D eigenvalue weighted by Gasteiger charge is 2.34. The molecule has 2 aromatic carbocycles. The molecule has 0 aromatic heterocycles. The molecule has 2 aromatic rings. The molecule has 0 saturated heterocycles. The molecule has 1 N–H and O–H groups in total. The van der Waals surface area contributed by atoms with Gasteiger partial charge in [0.2, 0.25) is 0 Å². The van der Waals surface area contributed by atoms with E-state index in [0.717, 1.165) is 24.3 Å². The lowest BCUT2D eigenvalue weighted by Crippen LogP contribution is -2.20. The molecule has 0 saturated carbocycles. The standard InChI is InChI=1S/C8H5ClFNO2S.C8H6FNO3S/c1-4-2-5(10)3-6-7(4)14(12,13)11-8(6)9;1-4-2-5(9)3-6-7(4)14(12,13)10-8(6)11/h2-3H,1H3;2-3H,1H3,(H,10,11). The van der Waals surface area contributed by atoms with Crippen molar-refractivity contribution < 1.29 is 30.4 Å². The molecule has 0 radical (unpaired) electrons. The summed E-state index contributed by atoms with van der Waals surface area (Å²) in [6, 6.07) is 4.21. The van der Waals surface area contributed by atoms with E-state index in [1.54, 1.807) is 4.72 Å². The van der Waals surface area contributed by atoms with Gasteiger partial charge in [0.05, 0.1) is 5.56 Å². The zero-order chi connectivity index (χ0) is 21.0. The van der Waals surface area contributed by atoms with Crippen LogP contribution in [-0.4, -0.2) is 27.9 Å². The van der Waals surface area contributed by atoms with Crippen LogP contribution in [0.4, 0.5) is 8.78 Å². The Morgan fingerprint density at radius 1 is 0.893 bits per heavy atom. The van der Waals surface area contributed by atoms with Gasteiger partial charge in [-0.1, -0.05) is 11.6 Å². The van der Waals surface area contributed by atoms with Crippen molar-refractivity contribution in [2.24, 2.45) is 4.40 Å². The molecule has 7 nitrogen and oxygen atoms in total. The minimum atomic E-state index is -3.77. The molecular formula is C16H11ClF2N2O5S2. The monoisotopic (exact) mass is 448 g/mol. The first kappa shape index (κ1) is 20.4. The predicted octanol–water partition coefficient (Wildman–Crippen LogP) is 2.39. The first-order chi connectivity index (χ1) is 12.8. The molecule has 148 valence electrons. The fourth-order valence-electron chi connectivity index (χ4n) is 2.91. The first-order valence-corrected chi connectivity index (χ1v) is 10.8. The van der Waals surface area contributed by atoms with Crippen LogP contribution < -0.4 is 4.72 Å². The molecule has 1 amide bonds. The van der Waals surface area contributed by atoms with Gasteiger partial charge in [0.15, 0.2) is 5.17 Å². The Morgan fingerprint density at radius 2 is 1.39 bits per heavy atom. The molecule has 0 fully saturated rings. The van der Waals surface area contributed by atoms with Gasteiger partial charge in [-0.3, -0.25) is 4.79 Å². The van der Waals surface area contributed by atoms with Crippen molar-refractivity contribution in [1.29, 1.82) is 0 Å². The van der Waals surface area contributed by atoms with E-state index < -0.39 is 37.6 Å². The number of rotatable bonds is 0. The minimum Gasteiger partial charge on any atom is -0.268 e. The highest BCUT2D eigenvalue weighted by Crippen LogP contribution is 2.31. The van der Waals surface area contributed by atoms with Gasteiger partial charge in [-0.05, 0) is 49.2 Å². The zero-order valence-corrected chi connectivity index (χ0v) is 16.6. The van der Waals surface area contributed by atoms with Crippen molar-refractivity contribution in [3.05, 3.63) is 58.2 Å². The van der Waals surface area contributed by atoms with Crippen molar-refractivity contribution >= 4 is 42.7 Å². The summed E-state index contributed by atoms with van der Waals surface area (Å²) in [7, 11) is -7.48. The number of carbonyl (C=O) groups excluding carboxylic acids is 1. The van der Waals surface area contributed by atoms with Gasteiger partial charge in [0, 0.05) is 5.56 Å². The number of nitrogens with one attached hydrogen (secondary N) is 1. The number of aryl methyl sites for hydroxylation is 2. The number of amides is 1.